The molecular formula is C18H24O3. The van der Waals surface area contributed by atoms with E-state index in [1.54, 1.807) is 7.11 Å². The van der Waals surface area contributed by atoms with Gasteiger partial charge < -0.3 is 9.47 Å². The van der Waals surface area contributed by atoms with E-state index in [1.807, 2.05) is 38.1 Å². The number of ether oxygens (including phenoxy) is 2. The number of terminal acetylenes is 1. The average Bonchev–Trinajstić information content (AvgIpc) is 2.51. The molecule has 1 aromatic carbocycles. The van der Waals surface area contributed by atoms with E-state index in [0.29, 0.717) is 12.8 Å². The molecule has 2 atom stereocenters. The number of hydrogen-bond donors (Lipinski definition) is 0. The second-order valence-electron chi connectivity index (χ2n) is 5.11. The van der Waals surface area contributed by atoms with Crippen molar-refractivity contribution in [3.8, 4) is 18.1 Å². The van der Waals surface area contributed by atoms with Crippen LogP contribution < -0.4 is 4.74 Å². The molecule has 0 heterocycles. The quantitative estimate of drug-likeness (QED) is 0.537. The first-order chi connectivity index (χ1) is 10.1. The molecule has 0 radical (unpaired) electrons. The molecule has 0 spiro atoms. The molecule has 1 aromatic rings. The Morgan fingerprint density at radius 1 is 1.38 bits per heavy atom. The maximum Gasteiger partial charge on any atom is 0.306 e. The summed E-state index contributed by atoms with van der Waals surface area (Å²) in [6.07, 6.45) is 7.65. The molecule has 0 aliphatic rings. The van der Waals surface area contributed by atoms with E-state index in [9.17, 15) is 4.79 Å². The zero-order valence-electron chi connectivity index (χ0n) is 13.1. The van der Waals surface area contributed by atoms with Crippen molar-refractivity contribution in [1.82, 2.24) is 0 Å². The van der Waals surface area contributed by atoms with Crippen LogP contribution in [0.1, 0.15) is 51.0 Å². The Morgan fingerprint density at radius 3 is 2.71 bits per heavy atom. The molecule has 0 fully saturated rings. The largest absolute Gasteiger partial charge is 0.496 e. The van der Waals surface area contributed by atoms with Gasteiger partial charge in [0.05, 0.1) is 13.5 Å². The fourth-order valence-corrected chi connectivity index (χ4v) is 2.26. The van der Waals surface area contributed by atoms with Crippen molar-refractivity contribution in [2.75, 3.05) is 7.11 Å². The summed E-state index contributed by atoms with van der Waals surface area (Å²) in [5.74, 6) is 3.25. The van der Waals surface area contributed by atoms with E-state index in [1.165, 1.54) is 0 Å². The highest BCUT2D eigenvalue weighted by Crippen LogP contribution is 2.28. The minimum Gasteiger partial charge on any atom is -0.496 e. The van der Waals surface area contributed by atoms with Gasteiger partial charge >= 0.3 is 5.97 Å². The lowest BCUT2D eigenvalue weighted by molar-refractivity contribution is -0.149. The molecule has 0 unspecified atom stereocenters. The Kier molecular flexibility index (Phi) is 7.39. The Morgan fingerprint density at radius 2 is 2.10 bits per heavy atom. The fraction of sp³-hybridized carbons (Fsp3) is 0.500. The Hall–Kier alpha value is -1.95. The van der Waals surface area contributed by atoms with Crippen molar-refractivity contribution >= 4 is 5.97 Å². The van der Waals surface area contributed by atoms with Gasteiger partial charge in [-0.15, -0.1) is 12.3 Å². The predicted octanol–water partition coefficient (Wildman–Crippen LogP) is 3.92. The second-order valence-corrected chi connectivity index (χ2v) is 5.11. The summed E-state index contributed by atoms with van der Waals surface area (Å²) >= 11 is 0. The second kappa shape index (κ2) is 9.07. The van der Waals surface area contributed by atoms with Crippen LogP contribution in [0.5, 0.6) is 5.75 Å². The summed E-state index contributed by atoms with van der Waals surface area (Å²) in [5.41, 5.74) is 1.02. The molecule has 0 aliphatic carbocycles. The van der Waals surface area contributed by atoms with Crippen molar-refractivity contribution in [2.24, 2.45) is 0 Å². The van der Waals surface area contributed by atoms with Crippen LogP contribution in [0.25, 0.3) is 0 Å². The van der Waals surface area contributed by atoms with Crippen molar-refractivity contribution in [3.05, 3.63) is 29.8 Å². The number of carbonyl (C=O) groups is 1. The molecule has 0 aliphatic heterocycles. The average molecular weight is 288 g/mol. The third kappa shape index (κ3) is 5.51. The number of carbonyl (C=O) groups excluding carboxylic acids is 1. The topological polar surface area (TPSA) is 35.5 Å². The highest BCUT2D eigenvalue weighted by molar-refractivity contribution is 5.71. The van der Waals surface area contributed by atoms with Gasteiger partial charge in [-0.2, -0.15) is 0 Å². The standard InChI is InChI=1S/C18H24O3/c1-5-7-10-15(6-2)21-18(19)13-14(3)16-11-8-9-12-17(16)20-4/h1,8-9,11-12,14-15H,6-7,10,13H2,2-4H3/t14-,15+/m0/s1. The van der Waals surface area contributed by atoms with Gasteiger partial charge in [0, 0.05) is 6.42 Å². The first-order valence-electron chi connectivity index (χ1n) is 7.38. The molecule has 1 rings (SSSR count). The van der Waals surface area contributed by atoms with Crippen LogP contribution in [0, 0.1) is 12.3 Å². The Balaban J connectivity index is 2.59. The maximum atomic E-state index is 12.0. The van der Waals surface area contributed by atoms with Crippen molar-refractivity contribution in [1.29, 1.82) is 0 Å². The lowest BCUT2D eigenvalue weighted by Gasteiger charge is -2.18. The van der Waals surface area contributed by atoms with Gasteiger partial charge in [-0.3, -0.25) is 4.79 Å². The molecule has 0 bridgehead atoms. The van der Waals surface area contributed by atoms with Gasteiger partial charge in [-0.1, -0.05) is 32.0 Å². The maximum absolute atomic E-state index is 12.0. The normalized spacial score (nSPS) is 13.0. The molecule has 0 N–H and O–H groups in total. The molecule has 21 heavy (non-hydrogen) atoms. The Labute approximate surface area is 127 Å². The van der Waals surface area contributed by atoms with Gasteiger partial charge in [0.2, 0.25) is 0 Å². The van der Waals surface area contributed by atoms with Crippen LogP contribution in [0.2, 0.25) is 0 Å². The molecule has 0 aromatic heterocycles. The zero-order valence-corrected chi connectivity index (χ0v) is 13.1. The van der Waals surface area contributed by atoms with Crippen LogP contribution in [0.4, 0.5) is 0 Å². The van der Waals surface area contributed by atoms with E-state index < -0.39 is 0 Å². The van der Waals surface area contributed by atoms with Gasteiger partial charge in [0.1, 0.15) is 11.9 Å². The summed E-state index contributed by atoms with van der Waals surface area (Å²) in [5, 5.41) is 0. The zero-order chi connectivity index (χ0) is 15.7. The summed E-state index contributed by atoms with van der Waals surface area (Å²) in [4.78, 5) is 12.0. The third-order valence-corrected chi connectivity index (χ3v) is 3.51. The minimum absolute atomic E-state index is 0.0544. The van der Waals surface area contributed by atoms with E-state index in [2.05, 4.69) is 5.92 Å². The number of benzene rings is 1. The first-order valence-corrected chi connectivity index (χ1v) is 7.38. The van der Waals surface area contributed by atoms with Gasteiger partial charge in [-0.05, 0) is 30.4 Å². The summed E-state index contributed by atoms with van der Waals surface area (Å²) in [6, 6.07) is 7.74. The SMILES string of the molecule is C#CCC[C@@H](CC)OC(=O)C[C@H](C)c1ccccc1OC. The summed E-state index contributed by atoms with van der Waals surface area (Å²) in [6.45, 7) is 4.00. The summed E-state index contributed by atoms with van der Waals surface area (Å²) < 4.78 is 10.8. The first kappa shape index (κ1) is 17.1. The number of esters is 1. The lowest BCUT2D eigenvalue weighted by atomic mass is 9.97. The van der Waals surface area contributed by atoms with Crippen LogP contribution in [0.3, 0.4) is 0 Å². The van der Waals surface area contributed by atoms with Gasteiger partial charge in [0.15, 0.2) is 0 Å². The minimum atomic E-state index is -0.183. The molecule has 0 saturated heterocycles. The summed E-state index contributed by atoms with van der Waals surface area (Å²) in [7, 11) is 1.64. The van der Waals surface area contributed by atoms with Crippen molar-refractivity contribution in [3.63, 3.8) is 0 Å². The van der Waals surface area contributed by atoms with Crippen molar-refractivity contribution < 1.29 is 14.3 Å². The van der Waals surface area contributed by atoms with E-state index >= 15 is 0 Å². The molecular weight excluding hydrogens is 264 g/mol. The molecule has 0 amide bonds. The smallest absolute Gasteiger partial charge is 0.306 e. The molecule has 114 valence electrons. The number of methoxy groups -OCH3 is 1. The van der Waals surface area contributed by atoms with Gasteiger partial charge in [-0.25, -0.2) is 0 Å². The highest BCUT2D eigenvalue weighted by atomic mass is 16.5. The van der Waals surface area contributed by atoms with Crippen LogP contribution in [-0.2, 0) is 9.53 Å². The van der Waals surface area contributed by atoms with E-state index in [0.717, 1.165) is 24.2 Å². The predicted molar refractivity (Wildman–Crippen MR) is 84.3 cm³/mol. The molecule has 3 heteroatoms. The van der Waals surface area contributed by atoms with Crippen LogP contribution >= 0.6 is 0 Å². The van der Waals surface area contributed by atoms with E-state index in [-0.39, 0.29) is 18.0 Å². The molecule has 3 nitrogen and oxygen atoms in total. The Bertz CT molecular complexity index is 487. The third-order valence-electron chi connectivity index (χ3n) is 3.51. The number of hydrogen-bond acceptors (Lipinski definition) is 3. The lowest BCUT2D eigenvalue weighted by Crippen LogP contribution is -2.18. The molecule has 0 saturated carbocycles. The van der Waals surface area contributed by atoms with Crippen LogP contribution in [0.15, 0.2) is 24.3 Å². The van der Waals surface area contributed by atoms with Gasteiger partial charge in [0.25, 0.3) is 0 Å². The number of rotatable bonds is 8. The van der Waals surface area contributed by atoms with Crippen LogP contribution in [-0.4, -0.2) is 19.2 Å². The van der Waals surface area contributed by atoms with Crippen molar-refractivity contribution in [2.45, 2.75) is 51.6 Å². The fourth-order valence-electron chi connectivity index (χ4n) is 2.26. The highest BCUT2D eigenvalue weighted by Gasteiger charge is 2.18. The monoisotopic (exact) mass is 288 g/mol. The van der Waals surface area contributed by atoms with E-state index in [4.69, 9.17) is 15.9 Å². The number of para-hydroxylation sites is 1.